The predicted molar refractivity (Wildman–Crippen MR) is 116 cm³/mol. The smallest absolute Gasteiger partial charge is 0.167 e. The SMILES string of the molecule is CCC(C(=O)/C=C/c1ccccc1)C(=O)/C=C/c1ccc(OCN=[N+]=[N-])c(OC)c1. The number of carbonyl (C=O) groups is 2. The van der Waals surface area contributed by atoms with Gasteiger partial charge in [0.25, 0.3) is 0 Å². The zero-order valence-corrected chi connectivity index (χ0v) is 16.9. The van der Waals surface area contributed by atoms with E-state index in [1.807, 2.05) is 37.3 Å². The molecule has 1 unspecified atom stereocenters. The Morgan fingerprint density at radius 3 is 2.30 bits per heavy atom. The Hall–Kier alpha value is -3.83. The third-order valence-corrected chi connectivity index (χ3v) is 4.30. The van der Waals surface area contributed by atoms with Crippen molar-refractivity contribution in [2.24, 2.45) is 11.0 Å². The summed E-state index contributed by atoms with van der Waals surface area (Å²) >= 11 is 0. The standard InChI is InChI=1S/C23H23N3O4/c1-3-19(20(27)12-9-17-7-5-4-6-8-17)21(28)13-10-18-11-14-22(23(15-18)29-2)30-16-25-26-24/h4-15,19H,3,16H2,1-2H3/b12-9+,13-10+. The number of rotatable bonds is 11. The van der Waals surface area contributed by atoms with Gasteiger partial charge in [0, 0.05) is 4.91 Å². The molecule has 2 rings (SSSR count). The normalized spacial score (nSPS) is 11.8. The van der Waals surface area contributed by atoms with Gasteiger partial charge in [-0.1, -0.05) is 60.6 Å². The second-order valence-electron chi connectivity index (χ2n) is 6.26. The molecule has 154 valence electrons. The van der Waals surface area contributed by atoms with Crippen molar-refractivity contribution >= 4 is 23.7 Å². The fourth-order valence-corrected chi connectivity index (χ4v) is 2.73. The van der Waals surface area contributed by atoms with E-state index in [9.17, 15) is 9.59 Å². The Morgan fingerprint density at radius 1 is 1.03 bits per heavy atom. The Balaban J connectivity index is 2.07. The number of nitrogens with zero attached hydrogens (tertiary/aromatic N) is 3. The van der Waals surface area contributed by atoms with Crippen molar-refractivity contribution in [2.45, 2.75) is 13.3 Å². The number of allylic oxidation sites excluding steroid dienone is 2. The van der Waals surface area contributed by atoms with Gasteiger partial charge >= 0.3 is 0 Å². The van der Waals surface area contributed by atoms with E-state index in [1.54, 1.807) is 30.4 Å². The summed E-state index contributed by atoms with van der Waals surface area (Å²) in [6, 6.07) is 14.5. The maximum atomic E-state index is 12.6. The molecular formula is C23H23N3O4. The summed E-state index contributed by atoms with van der Waals surface area (Å²) < 4.78 is 10.6. The van der Waals surface area contributed by atoms with Crippen LogP contribution in [0.3, 0.4) is 0 Å². The molecule has 0 fully saturated rings. The number of ether oxygens (including phenoxy) is 2. The van der Waals surface area contributed by atoms with Crippen LogP contribution in [0.1, 0.15) is 24.5 Å². The molecule has 0 heterocycles. The lowest BCUT2D eigenvalue weighted by Gasteiger charge is -2.10. The highest BCUT2D eigenvalue weighted by Gasteiger charge is 2.20. The van der Waals surface area contributed by atoms with E-state index in [4.69, 9.17) is 15.0 Å². The average molecular weight is 405 g/mol. The number of hydrogen-bond acceptors (Lipinski definition) is 5. The summed E-state index contributed by atoms with van der Waals surface area (Å²) in [7, 11) is 1.49. The molecule has 0 aliphatic carbocycles. The van der Waals surface area contributed by atoms with Crippen molar-refractivity contribution in [3.63, 3.8) is 0 Å². The molecule has 7 heteroatoms. The average Bonchev–Trinajstić information content (AvgIpc) is 2.78. The Kier molecular flexibility index (Phi) is 8.90. The van der Waals surface area contributed by atoms with Crippen molar-refractivity contribution in [1.82, 2.24) is 0 Å². The second-order valence-corrected chi connectivity index (χ2v) is 6.26. The van der Waals surface area contributed by atoms with E-state index >= 15 is 0 Å². The fraction of sp³-hybridized carbons (Fsp3) is 0.217. The lowest BCUT2D eigenvalue weighted by Crippen LogP contribution is -2.20. The molecule has 7 nitrogen and oxygen atoms in total. The van der Waals surface area contributed by atoms with Gasteiger partial charge in [0.2, 0.25) is 0 Å². The number of azide groups is 1. The molecule has 30 heavy (non-hydrogen) atoms. The molecule has 0 aliphatic heterocycles. The predicted octanol–water partition coefficient (Wildman–Crippen LogP) is 5.23. The first kappa shape index (κ1) is 22.5. The lowest BCUT2D eigenvalue weighted by atomic mass is 9.94. The second kappa shape index (κ2) is 11.9. The van der Waals surface area contributed by atoms with Crippen molar-refractivity contribution in [2.75, 3.05) is 13.8 Å². The first-order chi connectivity index (χ1) is 14.6. The number of benzene rings is 2. The molecule has 0 N–H and O–H groups in total. The minimum atomic E-state index is -0.727. The van der Waals surface area contributed by atoms with Crippen LogP contribution in [-0.4, -0.2) is 25.4 Å². The molecule has 2 aromatic carbocycles. The molecule has 0 aliphatic rings. The van der Waals surface area contributed by atoms with Crippen LogP contribution in [0, 0.1) is 5.92 Å². The Bertz CT molecular complexity index is 977. The van der Waals surface area contributed by atoms with Crippen LogP contribution in [0.4, 0.5) is 0 Å². The maximum Gasteiger partial charge on any atom is 0.167 e. The first-order valence-corrected chi connectivity index (χ1v) is 9.39. The van der Waals surface area contributed by atoms with Crippen LogP contribution < -0.4 is 9.47 Å². The van der Waals surface area contributed by atoms with Gasteiger partial charge in [-0.2, -0.15) is 0 Å². The Labute approximate surface area is 175 Å². The summed E-state index contributed by atoms with van der Waals surface area (Å²) in [5.41, 5.74) is 9.92. The molecule has 0 radical (unpaired) electrons. The highest BCUT2D eigenvalue weighted by molar-refractivity contribution is 6.13. The zero-order chi connectivity index (χ0) is 21.8. The van der Waals surface area contributed by atoms with Crippen LogP contribution in [0.2, 0.25) is 0 Å². The van der Waals surface area contributed by atoms with Crippen LogP contribution >= 0.6 is 0 Å². The number of methoxy groups -OCH3 is 1. The third-order valence-electron chi connectivity index (χ3n) is 4.30. The van der Waals surface area contributed by atoms with Crippen molar-refractivity contribution in [1.29, 1.82) is 0 Å². The van der Waals surface area contributed by atoms with E-state index in [2.05, 4.69) is 10.0 Å². The largest absolute Gasteiger partial charge is 0.493 e. The van der Waals surface area contributed by atoms with Gasteiger partial charge in [0.1, 0.15) is 0 Å². The van der Waals surface area contributed by atoms with E-state index < -0.39 is 5.92 Å². The summed E-state index contributed by atoms with van der Waals surface area (Å²) in [5, 5.41) is 3.31. The first-order valence-electron chi connectivity index (χ1n) is 9.39. The Morgan fingerprint density at radius 2 is 1.70 bits per heavy atom. The summed E-state index contributed by atoms with van der Waals surface area (Å²) in [5.74, 6) is -0.361. The van der Waals surface area contributed by atoms with Crippen molar-refractivity contribution < 1.29 is 19.1 Å². The monoisotopic (exact) mass is 405 g/mol. The van der Waals surface area contributed by atoms with Gasteiger partial charge in [0.15, 0.2) is 29.8 Å². The maximum absolute atomic E-state index is 12.6. The molecule has 2 aromatic rings. The summed E-state index contributed by atoms with van der Waals surface area (Å²) in [6.07, 6.45) is 6.60. The van der Waals surface area contributed by atoms with Crippen LogP contribution in [-0.2, 0) is 9.59 Å². The number of carbonyl (C=O) groups excluding carboxylic acids is 2. The fourth-order valence-electron chi connectivity index (χ4n) is 2.73. The van der Waals surface area contributed by atoms with Crippen LogP contribution in [0.5, 0.6) is 11.5 Å². The van der Waals surface area contributed by atoms with E-state index in [1.165, 1.54) is 19.3 Å². The van der Waals surface area contributed by atoms with Crippen molar-refractivity contribution in [3.05, 3.63) is 82.3 Å². The lowest BCUT2D eigenvalue weighted by molar-refractivity contribution is -0.127. The van der Waals surface area contributed by atoms with Gasteiger partial charge < -0.3 is 9.47 Å². The van der Waals surface area contributed by atoms with Gasteiger partial charge in [-0.3, -0.25) is 9.59 Å². The number of ketones is 2. The van der Waals surface area contributed by atoms with E-state index in [-0.39, 0.29) is 18.3 Å². The quantitative estimate of drug-likeness (QED) is 0.168. The highest BCUT2D eigenvalue weighted by Crippen LogP contribution is 2.28. The van der Waals surface area contributed by atoms with Crippen molar-refractivity contribution in [3.8, 4) is 11.5 Å². The van der Waals surface area contributed by atoms with Gasteiger partial charge in [0.05, 0.1) is 13.0 Å². The molecular weight excluding hydrogens is 382 g/mol. The molecule has 0 spiro atoms. The third kappa shape index (κ3) is 6.65. The molecule has 0 saturated carbocycles. The van der Waals surface area contributed by atoms with Crippen LogP contribution in [0.15, 0.2) is 65.8 Å². The van der Waals surface area contributed by atoms with Gasteiger partial charge in [-0.15, -0.1) is 0 Å². The highest BCUT2D eigenvalue weighted by atomic mass is 16.5. The van der Waals surface area contributed by atoms with Gasteiger partial charge in [-0.05, 0) is 47.4 Å². The summed E-state index contributed by atoms with van der Waals surface area (Å²) in [6.45, 7) is 1.65. The van der Waals surface area contributed by atoms with Crippen LogP contribution in [0.25, 0.3) is 22.6 Å². The minimum Gasteiger partial charge on any atom is -0.493 e. The minimum absolute atomic E-state index is 0.155. The number of hydrogen-bond donors (Lipinski definition) is 0. The molecule has 0 bridgehead atoms. The molecule has 1 atom stereocenters. The summed E-state index contributed by atoms with van der Waals surface area (Å²) in [4.78, 5) is 27.6. The van der Waals surface area contributed by atoms with E-state index in [0.29, 0.717) is 23.5 Å². The topological polar surface area (TPSA) is 101 Å². The van der Waals surface area contributed by atoms with Gasteiger partial charge in [-0.25, -0.2) is 0 Å². The van der Waals surface area contributed by atoms with E-state index in [0.717, 1.165) is 5.56 Å². The molecule has 0 aromatic heterocycles. The molecule has 0 saturated heterocycles. The molecule has 0 amide bonds. The zero-order valence-electron chi connectivity index (χ0n) is 16.9.